The van der Waals surface area contributed by atoms with Crippen LogP contribution >= 0.6 is 0 Å². The fraction of sp³-hybridized carbons (Fsp3) is 0.321. The van der Waals surface area contributed by atoms with E-state index in [1.807, 2.05) is 0 Å². The Bertz CT molecular complexity index is 1290. The molecule has 2 heterocycles. The van der Waals surface area contributed by atoms with Gasteiger partial charge in [-0.05, 0) is 55.0 Å². The van der Waals surface area contributed by atoms with Crippen LogP contribution in [-0.2, 0) is 22.3 Å². The van der Waals surface area contributed by atoms with Crippen LogP contribution in [0.3, 0.4) is 0 Å². The molecule has 2 unspecified atom stereocenters. The first-order valence-corrected chi connectivity index (χ1v) is 12.3. The summed E-state index contributed by atoms with van der Waals surface area (Å²) in [6, 6.07) is 13.2. The number of carbonyl (C=O) groups excluding carboxylic acids is 1. The molecule has 0 aliphatic carbocycles. The van der Waals surface area contributed by atoms with E-state index < -0.39 is 35.7 Å². The van der Waals surface area contributed by atoms with Crippen molar-refractivity contribution in [2.45, 2.75) is 31.8 Å². The Morgan fingerprint density at radius 1 is 1.10 bits per heavy atom. The summed E-state index contributed by atoms with van der Waals surface area (Å²) in [7, 11) is 0. The molecule has 1 aliphatic heterocycles. The van der Waals surface area contributed by atoms with Gasteiger partial charge >= 0.3 is 12.1 Å². The van der Waals surface area contributed by atoms with Crippen LogP contribution in [0.4, 0.5) is 13.2 Å². The van der Waals surface area contributed by atoms with Gasteiger partial charge in [0, 0.05) is 30.4 Å². The van der Waals surface area contributed by atoms with Gasteiger partial charge < -0.3 is 19.9 Å². The number of pyridine rings is 1. The summed E-state index contributed by atoms with van der Waals surface area (Å²) in [5.74, 6) is -0.990. The first-order valence-electron chi connectivity index (χ1n) is 12.3. The third-order valence-electron chi connectivity index (χ3n) is 6.38. The predicted molar refractivity (Wildman–Crippen MR) is 136 cm³/mol. The highest BCUT2D eigenvalue weighted by molar-refractivity contribution is 5.95. The number of aromatic nitrogens is 1. The molecule has 1 aliphatic rings. The van der Waals surface area contributed by atoms with E-state index in [1.54, 1.807) is 48.2 Å². The molecule has 1 amide bonds. The second kappa shape index (κ2) is 12.3. The highest BCUT2D eigenvalue weighted by Crippen LogP contribution is 2.36. The van der Waals surface area contributed by atoms with Gasteiger partial charge in [0.15, 0.2) is 0 Å². The van der Waals surface area contributed by atoms with Gasteiger partial charge in [-0.15, -0.1) is 0 Å². The average Bonchev–Trinajstić information content (AvgIpc) is 2.92. The molecule has 1 saturated heterocycles. The smallest absolute Gasteiger partial charge is 0.417 e. The minimum absolute atomic E-state index is 0.0183. The van der Waals surface area contributed by atoms with Crippen LogP contribution in [0.15, 0.2) is 66.9 Å². The summed E-state index contributed by atoms with van der Waals surface area (Å²) in [6.45, 7) is 3.54. The number of amides is 1. The van der Waals surface area contributed by atoms with Crippen molar-refractivity contribution in [1.29, 1.82) is 0 Å². The number of hydrogen-bond acceptors (Lipinski definition) is 6. The number of carbonyl (C=O) groups is 2. The summed E-state index contributed by atoms with van der Waals surface area (Å²) < 4.78 is 51.3. The van der Waals surface area contributed by atoms with Crippen molar-refractivity contribution in [3.8, 4) is 17.0 Å². The molecule has 4 rings (SSSR count). The van der Waals surface area contributed by atoms with E-state index in [-0.39, 0.29) is 17.9 Å². The fourth-order valence-electron chi connectivity index (χ4n) is 4.45. The van der Waals surface area contributed by atoms with Crippen LogP contribution < -0.4 is 10.1 Å². The third-order valence-corrected chi connectivity index (χ3v) is 6.38. The SMILES string of the molecule is CC(NC(=O)c1ccc(OCc2ccnc(-c3ccccc3C(F)(F)F)c2)cc1)C(C(=O)O)N1CCOCC1. The quantitative estimate of drug-likeness (QED) is 0.416. The van der Waals surface area contributed by atoms with Crippen molar-refractivity contribution in [2.24, 2.45) is 0 Å². The lowest BCUT2D eigenvalue weighted by Crippen LogP contribution is -2.57. The number of halogens is 3. The minimum atomic E-state index is -4.51. The van der Waals surface area contributed by atoms with E-state index >= 15 is 0 Å². The second-order valence-corrected chi connectivity index (χ2v) is 9.10. The summed E-state index contributed by atoms with van der Waals surface area (Å²) in [5.41, 5.74) is 0.348. The van der Waals surface area contributed by atoms with Crippen LogP contribution in [0, 0.1) is 0 Å². The van der Waals surface area contributed by atoms with Crippen molar-refractivity contribution in [1.82, 2.24) is 15.2 Å². The topological polar surface area (TPSA) is 101 Å². The van der Waals surface area contributed by atoms with Gasteiger partial charge in [-0.1, -0.05) is 18.2 Å². The van der Waals surface area contributed by atoms with Gasteiger partial charge in [-0.2, -0.15) is 13.2 Å². The molecule has 2 N–H and O–H groups in total. The number of carboxylic acids is 1. The number of alkyl halides is 3. The minimum Gasteiger partial charge on any atom is -0.489 e. The number of hydrogen-bond donors (Lipinski definition) is 2. The van der Waals surface area contributed by atoms with Gasteiger partial charge in [0.1, 0.15) is 18.4 Å². The van der Waals surface area contributed by atoms with E-state index in [0.717, 1.165) is 6.07 Å². The number of benzene rings is 2. The van der Waals surface area contributed by atoms with Gasteiger partial charge in [0.2, 0.25) is 0 Å². The highest BCUT2D eigenvalue weighted by Gasteiger charge is 2.34. The maximum atomic E-state index is 13.4. The number of aliphatic carboxylic acids is 1. The molecule has 2 aromatic carbocycles. The lowest BCUT2D eigenvalue weighted by molar-refractivity contribution is -0.146. The summed E-state index contributed by atoms with van der Waals surface area (Å²) in [5, 5.41) is 12.5. The highest BCUT2D eigenvalue weighted by atomic mass is 19.4. The number of rotatable bonds is 9. The Morgan fingerprint density at radius 2 is 1.79 bits per heavy atom. The Hall–Kier alpha value is -3.96. The van der Waals surface area contributed by atoms with E-state index in [1.165, 1.54) is 24.4 Å². The molecule has 39 heavy (non-hydrogen) atoms. The lowest BCUT2D eigenvalue weighted by atomic mass is 10.0. The van der Waals surface area contributed by atoms with Crippen LogP contribution in [-0.4, -0.2) is 65.3 Å². The Morgan fingerprint density at radius 3 is 2.46 bits per heavy atom. The standard InChI is InChI=1S/C28H28F3N3O5/c1-18(25(27(36)37)34-12-14-38-15-13-34)33-26(35)20-6-8-21(9-7-20)39-17-19-10-11-32-24(16-19)22-4-2-3-5-23(22)28(29,30)31/h2-11,16,18,25H,12-15,17H2,1H3,(H,33,35)(H,36,37). The van der Waals surface area contributed by atoms with Crippen LogP contribution in [0.1, 0.15) is 28.4 Å². The molecular formula is C28H28F3N3O5. The molecule has 3 aromatic rings. The number of nitrogens with zero attached hydrogens (tertiary/aromatic N) is 2. The van der Waals surface area contributed by atoms with Crippen LogP contribution in [0.2, 0.25) is 0 Å². The Kier molecular flexibility index (Phi) is 8.82. The molecule has 0 bridgehead atoms. The monoisotopic (exact) mass is 543 g/mol. The molecule has 0 spiro atoms. The molecule has 2 atom stereocenters. The normalized spacial score (nSPS) is 15.8. The van der Waals surface area contributed by atoms with Crippen molar-refractivity contribution < 1.29 is 37.3 Å². The molecule has 0 saturated carbocycles. The van der Waals surface area contributed by atoms with Crippen molar-refractivity contribution in [2.75, 3.05) is 26.3 Å². The number of morpholine rings is 1. The van der Waals surface area contributed by atoms with Gasteiger partial charge in [0.25, 0.3) is 5.91 Å². The first kappa shape index (κ1) is 28.1. The zero-order valence-electron chi connectivity index (χ0n) is 21.1. The first-order chi connectivity index (χ1) is 18.6. The van der Waals surface area contributed by atoms with Gasteiger partial charge in [-0.3, -0.25) is 19.5 Å². The largest absolute Gasteiger partial charge is 0.489 e. The van der Waals surface area contributed by atoms with Crippen molar-refractivity contribution >= 4 is 11.9 Å². The molecule has 206 valence electrons. The van der Waals surface area contributed by atoms with E-state index in [2.05, 4.69) is 10.3 Å². The second-order valence-electron chi connectivity index (χ2n) is 9.10. The number of carboxylic acid groups (broad SMARTS) is 1. The van der Waals surface area contributed by atoms with E-state index in [9.17, 15) is 27.9 Å². The summed E-state index contributed by atoms with van der Waals surface area (Å²) in [4.78, 5) is 30.5. The summed E-state index contributed by atoms with van der Waals surface area (Å²) >= 11 is 0. The average molecular weight is 544 g/mol. The predicted octanol–water partition coefficient (Wildman–Crippen LogP) is 4.25. The van der Waals surface area contributed by atoms with E-state index in [4.69, 9.17) is 9.47 Å². The molecule has 8 nitrogen and oxygen atoms in total. The lowest BCUT2D eigenvalue weighted by Gasteiger charge is -2.35. The molecule has 0 radical (unpaired) electrons. The number of nitrogens with one attached hydrogen (secondary N) is 1. The molecular weight excluding hydrogens is 515 g/mol. The van der Waals surface area contributed by atoms with Crippen LogP contribution in [0.25, 0.3) is 11.3 Å². The van der Waals surface area contributed by atoms with Crippen molar-refractivity contribution in [3.63, 3.8) is 0 Å². The molecule has 1 aromatic heterocycles. The Balaban J connectivity index is 1.37. The zero-order chi connectivity index (χ0) is 28.0. The maximum absolute atomic E-state index is 13.4. The maximum Gasteiger partial charge on any atom is 0.417 e. The zero-order valence-corrected chi connectivity index (χ0v) is 21.1. The molecule has 1 fully saturated rings. The third kappa shape index (κ3) is 7.12. The fourth-order valence-corrected chi connectivity index (χ4v) is 4.45. The van der Waals surface area contributed by atoms with E-state index in [0.29, 0.717) is 43.2 Å². The summed E-state index contributed by atoms with van der Waals surface area (Å²) in [6.07, 6.45) is -3.08. The Labute approximate surface area is 223 Å². The van der Waals surface area contributed by atoms with Crippen LogP contribution in [0.5, 0.6) is 5.75 Å². The van der Waals surface area contributed by atoms with Gasteiger partial charge in [-0.25, -0.2) is 0 Å². The number of ether oxygens (including phenoxy) is 2. The molecule has 11 heteroatoms. The van der Waals surface area contributed by atoms with Crippen molar-refractivity contribution in [3.05, 3.63) is 83.6 Å². The van der Waals surface area contributed by atoms with Gasteiger partial charge in [0.05, 0.1) is 30.5 Å².